The van der Waals surface area contributed by atoms with Crippen LogP contribution in [0.25, 0.3) is 0 Å². The number of nitrogens with zero attached hydrogens (tertiary/aromatic N) is 2. The van der Waals surface area contributed by atoms with Crippen molar-refractivity contribution in [2.45, 2.75) is 44.9 Å². The topological polar surface area (TPSA) is 112 Å². The first kappa shape index (κ1) is 28.3. The number of carbonyl (C=O) groups is 2. The van der Waals surface area contributed by atoms with E-state index in [1.54, 1.807) is 12.0 Å². The number of fused-ring (bicyclic) bond motifs is 1. The summed E-state index contributed by atoms with van der Waals surface area (Å²) in [5.41, 5.74) is 4.08. The van der Waals surface area contributed by atoms with Gasteiger partial charge in [0.1, 0.15) is 29.4 Å². The lowest BCUT2D eigenvalue weighted by Crippen LogP contribution is -2.37. The molecule has 0 aliphatic carbocycles. The molecule has 0 bridgehead atoms. The summed E-state index contributed by atoms with van der Waals surface area (Å²) in [6.07, 6.45) is 2.73. The second kappa shape index (κ2) is 13.0. The number of likely N-dealkylation sites (tertiary alicyclic amines) is 1. The fourth-order valence-electron chi connectivity index (χ4n) is 5.55. The zero-order valence-corrected chi connectivity index (χ0v) is 23.3. The smallest absolute Gasteiger partial charge is 0.261 e. The van der Waals surface area contributed by atoms with Crippen molar-refractivity contribution < 1.29 is 29.3 Å². The van der Waals surface area contributed by atoms with Crippen molar-refractivity contribution in [2.24, 2.45) is 0 Å². The van der Waals surface area contributed by atoms with Gasteiger partial charge in [-0.2, -0.15) is 0 Å². The fourth-order valence-corrected chi connectivity index (χ4v) is 5.55. The average molecular weight is 560 g/mol. The number of hydrogen-bond acceptors (Lipinski definition) is 7. The first-order valence-corrected chi connectivity index (χ1v) is 14.1. The first-order chi connectivity index (χ1) is 19.9. The van der Waals surface area contributed by atoms with Gasteiger partial charge in [-0.15, -0.1) is 0 Å². The number of ether oxygens (including phenoxy) is 2. The van der Waals surface area contributed by atoms with Gasteiger partial charge in [-0.05, 0) is 42.0 Å². The summed E-state index contributed by atoms with van der Waals surface area (Å²) in [5.74, 6) is -0.580. The molecule has 2 heterocycles. The second-order valence-electron chi connectivity index (χ2n) is 10.6. The van der Waals surface area contributed by atoms with Crippen LogP contribution in [0, 0.1) is 0 Å². The van der Waals surface area contributed by atoms with Crippen LogP contribution in [0.3, 0.4) is 0 Å². The van der Waals surface area contributed by atoms with Crippen molar-refractivity contribution in [3.8, 4) is 17.2 Å². The van der Waals surface area contributed by atoms with Gasteiger partial charge in [0.25, 0.3) is 5.91 Å². The van der Waals surface area contributed by atoms with E-state index in [0.717, 1.165) is 42.3 Å². The Bertz CT molecular complexity index is 1380. The van der Waals surface area contributed by atoms with E-state index in [2.05, 4.69) is 11.4 Å². The average Bonchev–Trinajstić information content (AvgIpc) is 3.45. The van der Waals surface area contributed by atoms with Crippen LogP contribution in [0.1, 0.15) is 46.3 Å². The van der Waals surface area contributed by atoms with Gasteiger partial charge >= 0.3 is 0 Å². The minimum atomic E-state index is -0.361. The van der Waals surface area contributed by atoms with Crippen molar-refractivity contribution >= 4 is 17.5 Å². The molecule has 9 heteroatoms. The van der Waals surface area contributed by atoms with E-state index < -0.39 is 0 Å². The highest BCUT2D eigenvalue weighted by Crippen LogP contribution is 2.36. The molecule has 2 aliphatic heterocycles. The molecular formula is C32H37N3O6. The predicted molar refractivity (Wildman–Crippen MR) is 155 cm³/mol. The van der Waals surface area contributed by atoms with Gasteiger partial charge < -0.3 is 34.8 Å². The molecule has 1 fully saturated rings. The van der Waals surface area contributed by atoms with Crippen LogP contribution in [-0.4, -0.2) is 71.2 Å². The Morgan fingerprint density at radius 1 is 1.02 bits per heavy atom. The summed E-state index contributed by atoms with van der Waals surface area (Å²) >= 11 is 0. The highest BCUT2D eigenvalue weighted by atomic mass is 16.5. The predicted octanol–water partition coefficient (Wildman–Crippen LogP) is 4.31. The fraction of sp³-hybridized carbons (Fsp3) is 0.375. The summed E-state index contributed by atoms with van der Waals surface area (Å²) < 4.78 is 11.0. The lowest BCUT2D eigenvalue weighted by atomic mass is 9.96. The molecule has 0 aromatic heterocycles. The van der Waals surface area contributed by atoms with Gasteiger partial charge in [-0.1, -0.05) is 42.5 Å². The quantitative estimate of drug-likeness (QED) is 0.317. The Morgan fingerprint density at radius 3 is 2.66 bits per heavy atom. The molecule has 3 aromatic carbocycles. The SMILES string of the molecule is COCCCC(=O)N1CCC(Nc2cccc3c2CN(C(=O)c2c(O)cc(O)cc2OCc2ccccc2)CC3)C1. The number of benzene rings is 3. The highest BCUT2D eigenvalue weighted by Gasteiger charge is 2.30. The summed E-state index contributed by atoms with van der Waals surface area (Å²) in [6.45, 7) is 2.98. The molecule has 3 N–H and O–H groups in total. The third-order valence-electron chi connectivity index (χ3n) is 7.72. The number of phenolic OH excluding ortho intramolecular Hbond substituents is 2. The molecule has 1 unspecified atom stereocenters. The lowest BCUT2D eigenvalue weighted by molar-refractivity contribution is -0.130. The summed E-state index contributed by atoms with van der Waals surface area (Å²) in [4.78, 5) is 30.0. The largest absolute Gasteiger partial charge is 0.508 e. The van der Waals surface area contributed by atoms with Crippen LogP contribution < -0.4 is 10.1 Å². The number of aromatic hydroxyl groups is 2. The Labute approximate surface area is 240 Å². The Hall–Kier alpha value is -4.24. The van der Waals surface area contributed by atoms with Crippen LogP contribution in [-0.2, 0) is 29.1 Å². The van der Waals surface area contributed by atoms with E-state index in [1.165, 1.54) is 11.6 Å². The maximum atomic E-state index is 13.8. The number of anilines is 1. The number of phenols is 2. The Kier molecular flexibility index (Phi) is 8.94. The molecule has 0 spiro atoms. The normalized spacial score (nSPS) is 16.4. The van der Waals surface area contributed by atoms with E-state index in [-0.39, 0.29) is 47.3 Å². The molecule has 9 nitrogen and oxygen atoms in total. The van der Waals surface area contributed by atoms with Gasteiger partial charge in [0, 0.05) is 70.2 Å². The maximum absolute atomic E-state index is 13.8. The molecule has 3 aromatic rings. The summed E-state index contributed by atoms with van der Waals surface area (Å²) in [5, 5.41) is 24.4. The van der Waals surface area contributed by atoms with E-state index in [4.69, 9.17) is 9.47 Å². The van der Waals surface area contributed by atoms with Crippen LogP contribution >= 0.6 is 0 Å². The molecule has 0 saturated carbocycles. The van der Waals surface area contributed by atoms with Crippen LogP contribution in [0.15, 0.2) is 60.7 Å². The summed E-state index contributed by atoms with van der Waals surface area (Å²) in [6, 6.07) is 18.3. The zero-order chi connectivity index (χ0) is 28.8. The molecule has 1 saturated heterocycles. The third kappa shape index (κ3) is 6.74. The zero-order valence-electron chi connectivity index (χ0n) is 23.3. The van der Waals surface area contributed by atoms with Gasteiger partial charge in [-0.25, -0.2) is 0 Å². The minimum absolute atomic E-state index is 0.0334. The van der Waals surface area contributed by atoms with Crippen molar-refractivity contribution in [1.82, 2.24) is 9.80 Å². The van der Waals surface area contributed by atoms with E-state index in [9.17, 15) is 19.8 Å². The van der Waals surface area contributed by atoms with Gasteiger partial charge in [0.15, 0.2) is 0 Å². The molecule has 41 heavy (non-hydrogen) atoms. The number of methoxy groups -OCH3 is 1. The van der Waals surface area contributed by atoms with Crippen molar-refractivity contribution in [1.29, 1.82) is 0 Å². The minimum Gasteiger partial charge on any atom is -0.508 e. The maximum Gasteiger partial charge on any atom is 0.261 e. The van der Waals surface area contributed by atoms with Gasteiger partial charge in [0.05, 0.1) is 0 Å². The molecular weight excluding hydrogens is 522 g/mol. The molecule has 2 aliphatic rings. The Morgan fingerprint density at radius 2 is 1.85 bits per heavy atom. The standard InChI is InChI=1S/C32H37N3O6/c1-40-16-6-11-30(38)34-15-13-24(19-34)33-27-10-5-9-23-12-14-35(20-26(23)27)32(39)31-28(37)17-25(36)18-29(31)41-21-22-7-3-2-4-8-22/h2-5,7-10,17-18,24,33,36-37H,6,11-16,19-21H2,1H3. The van der Waals surface area contributed by atoms with Crippen molar-refractivity contribution in [2.75, 3.05) is 38.7 Å². The van der Waals surface area contributed by atoms with Crippen molar-refractivity contribution in [3.63, 3.8) is 0 Å². The molecule has 0 radical (unpaired) electrons. The van der Waals surface area contributed by atoms with E-state index >= 15 is 0 Å². The number of nitrogens with one attached hydrogen (secondary N) is 1. The van der Waals surface area contributed by atoms with Gasteiger partial charge in [-0.3, -0.25) is 9.59 Å². The number of hydrogen-bond donors (Lipinski definition) is 3. The van der Waals surface area contributed by atoms with Crippen LogP contribution in [0.5, 0.6) is 17.2 Å². The third-order valence-corrected chi connectivity index (χ3v) is 7.72. The molecule has 5 rings (SSSR count). The van der Waals surface area contributed by atoms with Crippen molar-refractivity contribution in [3.05, 3.63) is 82.9 Å². The Balaban J connectivity index is 1.29. The number of carbonyl (C=O) groups excluding carboxylic acids is 2. The van der Waals surface area contributed by atoms with E-state index in [1.807, 2.05) is 47.4 Å². The van der Waals surface area contributed by atoms with Crippen LogP contribution in [0.4, 0.5) is 5.69 Å². The number of rotatable bonds is 10. The second-order valence-corrected chi connectivity index (χ2v) is 10.6. The molecule has 216 valence electrons. The first-order valence-electron chi connectivity index (χ1n) is 14.1. The van der Waals surface area contributed by atoms with Crippen LogP contribution in [0.2, 0.25) is 0 Å². The monoisotopic (exact) mass is 559 g/mol. The van der Waals surface area contributed by atoms with E-state index in [0.29, 0.717) is 39.1 Å². The lowest BCUT2D eigenvalue weighted by Gasteiger charge is -2.32. The molecule has 1 atom stereocenters. The summed E-state index contributed by atoms with van der Waals surface area (Å²) in [7, 11) is 1.64. The highest BCUT2D eigenvalue weighted by molar-refractivity contribution is 6.00. The molecule has 2 amide bonds. The number of amides is 2. The van der Waals surface area contributed by atoms with Gasteiger partial charge in [0.2, 0.25) is 5.91 Å².